The molecule has 6 heteroatoms. The third-order valence-corrected chi connectivity index (χ3v) is 5.08. The standard InChI is InChI=1S/C23H32N4O.HI/c1-3-24-23(25-16-20-9-5-4-8-19(20)2)26-17-21-10-6-7-11-22(21)18-27-12-14-28-15-13-27;/h4-11H,3,12-18H2,1-2H3,(H2,24,25,26);1H. The zero-order valence-corrected chi connectivity index (χ0v) is 19.8. The number of hydrogen-bond donors (Lipinski definition) is 2. The lowest BCUT2D eigenvalue weighted by atomic mass is 10.1. The first kappa shape index (κ1) is 23.6. The third-order valence-electron chi connectivity index (χ3n) is 5.08. The first-order chi connectivity index (χ1) is 13.8. The quantitative estimate of drug-likeness (QED) is 0.340. The van der Waals surface area contributed by atoms with Gasteiger partial charge in [0.05, 0.1) is 19.8 Å². The fourth-order valence-corrected chi connectivity index (χ4v) is 3.36. The van der Waals surface area contributed by atoms with Gasteiger partial charge in [0, 0.05) is 32.7 Å². The van der Waals surface area contributed by atoms with E-state index in [9.17, 15) is 0 Å². The molecule has 2 N–H and O–H groups in total. The molecule has 3 rings (SSSR count). The Kier molecular flexibility index (Phi) is 10.5. The summed E-state index contributed by atoms with van der Waals surface area (Å²) in [6.45, 7) is 11.1. The largest absolute Gasteiger partial charge is 0.379 e. The monoisotopic (exact) mass is 508 g/mol. The molecule has 0 spiro atoms. The molecular formula is C23H33IN4O. The van der Waals surface area contributed by atoms with Crippen molar-refractivity contribution in [3.8, 4) is 0 Å². The zero-order chi connectivity index (χ0) is 19.6. The van der Waals surface area contributed by atoms with Crippen molar-refractivity contribution in [2.75, 3.05) is 32.8 Å². The van der Waals surface area contributed by atoms with Gasteiger partial charge in [-0.1, -0.05) is 48.5 Å². The molecule has 158 valence electrons. The van der Waals surface area contributed by atoms with Gasteiger partial charge in [-0.3, -0.25) is 4.90 Å². The number of nitrogens with one attached hydrogen (secondary N) is 2. The minimum atomic E-state index is 0. The van der Waals surface area contributed by atoms with Gasteiger partial charge in [0.15, 0.2) is 5.96 Å². The Bertz CT molecular complexity index is 775. The molecule has 29 heavy (non-hydrogen) atoms. The van der Waals surface area contributed by atoms with Crippen LogP contribution in [0, 0.1) is 6.92 Å². The molecule has 1 aliphatic heterocycles. The van der Waals surface area contributed by atoms with E-state index in [0.29, 0.717) is 6.54 Å². The Morgan fingerprint density at radius 3 is 2.31 bits per heavy atom. The molecule has 1 fully saturated rings. The van der Waals surface area contributed by atoms with Crippen molar-refractivity contribution in [1.82, 2.24) is 15.5 Å². The van der Waals surface area contributed by atoms with Gasteiger partial charge in [0.2, 0.25) is 0 Å². The summed E-state index contributed by atoms with van der Waals surface area (Å²) in [5, 5.41) is 6.82. The predicted molar refractivity (Wildman–Crippen MR) is 131 cm³/mol. The number of nitrogens with zero attached hydrogens (tertiary/aromatic N) is 2. The molecule has 1 aliphatic rings. The van der Waals surface area contributed by atoms with Gasteiger partial charge in [-0.05, 0) is 36.1 Å². The van der Waals surface area contributed by atoms with E-state index in [1.54, 1.807) is 0 Å². The molecule has 1 heterocycles. The summed E-state index contributed by atoms with van der Waals surface area (Å²) in [5.74, 6) is 0.854. The Morgan fingerprint density at radius 1 is 0.966 bits per heavy atom. The van der Waals surface area contributed by atoms with E-state index < -0.39 is 0 Å². The molecular weight excluding hydrogens is 475 g/mol. The van der Waals surface area contributed by atoms with Crippen molar-refractivity contribution in [3.63, 3.8) is 0 Å². The summed E-state index contributed by atoms with van der Waals surface area (Å²) < 4.78 is 5.47. The first-order valence-electron chi connectivity index (χ1n) is 10.2. The fraction of sp³-hybridized carbons (Fsp3) is 0.435. The van der Waals surface area contributed by atoms with Crippen LogP contribution in [0.4, 0.5) is 0 Å². The smallest absolute Gasteiger partial charge is 0.191 e. The second-order valence-corrected chi connectivity index (χ2v) is 7.13. The number of guanidine groups is 1. The topological polar surface area (TPSA) is 48.9 Å². The molecule has 0 atom stereocenters. The van der Waals surface area contributed by atoms with Gasteiger partial charge in [-0.25, -0.2) is 4.99 Å². The number of rotatable bonds is 7. The molecule has 0 radical (unpaired) electrons. The zero-order valence-electron chi connectivity index (χ0n) is 17.5. The molecule has 2 aromatic rings. The van der Waals surface area contributed by atoms with Gasteiger partial charge >= 0.3 is 0 Å². The van der Waals surface area contributed by atoms with Crippen molar-refractivity contribution in [1.29, 1.82) is 0 Å². The lowest BCUT2D eigenvalue weighted by Crippen LogP contribution is -2.37. The van der Waals surface area contributed by atoms with E-state index in [2.05, 4.69) is 77.9 Å². The van der Waals surface area contributed by atoms with Gasteiger partial charge in [-0.15, -0.1) is 24.0 Å². The first-order valence-corrected chi connectivity index (χ1v) is 10.2. The van der Waals surface area contributed by atoms with Crippen LogP contribution in [0.3, 0.4) is 0 Å². The number of aryl methyl sites for hydroxylation is 1. The van der Waals surface area contributed by atoms with E-state index in [-0.39, 0.29) is 24.0 Å². The highest BCUT2D eigenvalue weighted by molar-refractivity contribution is 14.0. The molecule has 0 amide bonds. The van der Waals surface area contributed by atoms with Crippen LogP contribution in [-0.2, 0) is 24.4 Å². The molecule has 0 aromatic heterocycles. The molecule has 2 aromatic carbocycles. The number of aliphatic imine (C=N–C) groups is 1. The molecule has 5 nitrogen and oxygen atoms in total. The third kappa shape index (κ3) is 7.60. The van der Waals surface area contributed by atoms with E-state index in [1.165, 1.54) is 22.3 Å². The molecule has 1 saturated heterocycles. The highest BCUT2D eigenvalue weighted by Gasteiger charge is 2.12. The van der Waals surface area contributed by atoms with Crippen LogP contribution in [0.2, 0.25) is 0 Å². The summed E-state index contributed by atoms with van der Waals surface area (Å²) in [4.78, 5) is 7.29. The maximum atomic E-state index is 5.47. The van der Waals surface area contributed by atoms with Crippen molar-refractivity contribution < 1.29 is 4.74 Å². The second kappa shape index (κ2) is 12.8. The normalized spacial score (nSPS) is 14.9. The van der Waals surface area contributed by atoms with Crippen molar-refractivity contribution in [2.45, 2.75) is 33.5 Å². The number of morpholine rings is 1. The van der Waals surface area contributed by atoms with E-state index in [0.717, 1.165) is 51.9 Å². The van der Waals surface area contributed by atoms with Gasteiger partial charge in [-0.2, -0.15) is 0 Å². The molecule has 0 aliphatic carbocycles. The lowest BCUT2D eigenvalue weighted by Gasteiger charge is -2.27. The fourth-order valence-electron chi connectivity index (χ4n) is 3.36. The summed E-state index contributed by atoms with van der Waals surface area (Å²) in [6.07, 6.45) is 0. The summed E-state index contributed by atoms with van der Waals surface area (Å²) in [7, 11) is 0. The summed E-state index contributed by atoms with van der Waals surface area (Å²) in [6, 6.07) is 17.1. The maximum Gasteiger partial charge on any atom is 0.191 e. The number of ether oxygens (including phenoxy) is 1. The van der Waals surface area contributed by atoms with Gasteiger partial charge in [0.1, 0.15) is 0 Å². The average molecular weight is 508 g/mol. The van der Waals surface area contributed by atoms with Crippen LogP contribution in [0.15, 0.2) is 53.5 Å². The van der Waals surface area contributed by atoms with Crippen LogP contribution < -0.4 is 10.6 Å². The highest BCUT2D eigenvalue weighted by Crippen LogP contribution is 2.14. The number of halogens is 1. The van der Waals surface area contributed by atoms with E-state index >= 15 is 0 Å². The molecule has 0 bridgehead atoms. The number of benzene rings is 2. The van der Waals surface area contributed by atoms with Crippen molar-refractivity contribution >= 4 is 29.9 Å². The SMILES string of the molecule is CCNC(=NCc1ccccc1CN1CCOCC1)NCc1ccccc1C.I. The van der Waals surface area contributed by atoms with Gasteiger partial charge < -0.3 is 15.4 Å². The van der Waals surface area contributed by atoms with E-state index in [1.807, 2.05) is 0 Å². The Hall–Kier alpha value is -1.64. The highest BCUT2D eigenvalue weighted by atomic mass is 127. The predicted octanol–water partition coefficient (Wildman–Crippen LogP) is 3.70. The van der Waals surface area contributed by atoms with Crippen molar-refractivity contribution in [2.24, 2.45) is 4.99 Å². The maximum absolute atomic E-state index is 5.47. The van der Waals surface area contributed by atoms with E-state index in [4.69, 9.17) is 9.73 Å². The second-order valence-electron chi connectivity index (χ2n) is 7.13. The molecule has 0 unspecified atom stereocenters. The summed E-state index contributed by atoms with van der Waals surface area (Å²) >= 11 is 0. The van der Waals surface area contributed by atoms with Crippen LogP contribution in [0.5, 0.6) is 0 Å². The van der Waals surface area contributed by atoms with Crippen molar-refractivity contribution in [3.05, 3.63) is 70.8 Å². The van der Waals surface area contributed by atoms with Gasteiger partial charge in [0.25, 0.3) is 0 Å². The van der Waals surface area contributed by atoms with Crippen LogP contribution in [0.25, 0.3) is 0 Å². The lowest BCUT2D eigenvalue weighted by molar-refractivity contribution is 0.0341. The average Bonchev–Trinajstić information content (AvgIpc) is 2.73. The minimum Gasteiger partial charge on any atom is -0.379 e. The minimum absolute atomic E-state index is 0. The summed E-state index contributed by atoms with van der Waals surface area (Å²) in [5.41, 5.74) is 5.22. The number of hydrogen-bond acceptors (Lipinski definition) is 3. The Labute approximate surface area is 192 Å². The molecule has 0 saturated carbocycles. The van der Waals surface area contributed by atoms with Crippen LogP contribution in [0.1, 0.15) is 29.2 Å². The van der Waals surface area contributed by atoms with Crippen LogP contribution >= 0.6 is 24.0 Å². The Balaban J connectivity index is 0.00000300. The van der Waals surface area contributed by atoms with Crippen LogP contribution in [-0.4, -0.2) is 43.7 Å². The Morgan fingerprint density at radius 2 is 1.62 bits per heavy atom.